The Morgan fingerprint density at radius 2 is 1.79 bits per heavy atom. The molecule has 1 aromatic heterocycles. The lowest BCUT2D eigenvalue weighted by molar-refractivity contribution is -0.114. The number of anilines is 2. The van der Waals surface area contributed by atoms with Crippen LogP contribution in [0.5, 0.6) is 0 Å². The second kappa shape index (κ2) is 10.2. The molecule has 0 saturated carbocycles. The van der Waals surface area contributed by atoms with Crippen LogP contribution in [0.3, 0.4) is 0 Å². The number of rotatable bonds is 7. The van der Waals surface area contributed by atoms with Gasteiger partial charge in [-0.3, -0.25) is 14.9 Å². The van der Waals surface area contributed by atoms with Crippen molar-refractivity contribution in [2.24, 2.45) is 0 Å². The minimum atomic E-state index is -0.287. The average molecular weight is 475 g/mol. The Morgan fingerprint density at radius 3 is 2.54 bits per heavy atom. The lowest BCUT2D eigenvalue weighted by Gasteiger charge is -2.03. The van der Waals surface area contributed by atoms with E-state index in [2.05, 4.69) is 36.8 Å². The van der Waals surface area contributed by atoms with Gasteiger partial charge in [0, 0.05) is 16.2 Å². The number of nitrogens with zero attached hydrogens (tertiary/aromatic N) is 2. The maximum atomic E-state index is 12.0. The number of hydrogen-bond donors (Lipinski definition) is 2. The largest absolute Gasteiger partial charge is 0.325 e. The molecule has 0 radical (unpaired) electrons. The first-order chi connectivity index (χ1) is 13.6. The van der Waals surface area contributed by atoms with E-state index in [0.717, 1.165) is 15.7 Å². The molecule has 6 nitrogen and oxygen atoms in total. The van der Waals surface area contributed by atoms with Gasteiger partial charge in [0.25, 0.3) is 0 Å². The van der Waals surface area contributed by atoms with Gasteiger partial charge in [0.05, 0.1) is 5.75 Å². The first-order valence-electron chi connectivity index (χ1n) is 8.14. The van der Waals surface area contributed by atoms with Gasteiger partial charge < -0.3 is 5.32 Å². The van der Waals surface area contributed by atoms with Gasteiger partial charge in [-0.25, -0.2) is 0 Å². The number of benzene rings is 2. The molecule has 0 unspecified atom stereocenters. The first-order valence-corrected chi connectivity index (χ1v) is 10.7. The van der Waals surface area contributed by atoms with Crippen LogP contribution in [0.2, 0.25) is 0 Å². The second-order valence-corrected chi connectivity index (χ2v) is 8.57. The van der Waals surface area contributed by atoms with E-state index in [9.17, 15) is 9.59 Å². The molecule has 1 heterocycles. The highest BCUT2D eigenvalue weighted by molar-refractivity contribution is 9.10. The van der Waals surface area contributed by atoms with Crippen LogP contribution in [0.25, 0.3) is 6.08 Å². The highest BCUT2D eigenvalue weighted by Crippen LogP contribution is 2.25. The van der Waals surface area contributed by atoms with Crippen molar-refractivity contribution in [2.45, 2.75) is 4.34 Å². The van der Waals surface area contributed by atoms with Crippen molar-refractivity contribution in [3.05, 3.63) is 70.7 Å². The van der Waals surface area contributed by atoms with Crippen LogP contribution >= 0.6 is 39.0 Å². The lowest BCUT2D eigenvalue weighted by atomic mass is 10.2. The third-order valence-electron chi connectivity index (χ3n) is 3.32. The second-order valence-electron chi connectivity index (χ2n) is 5.45. The van der Waals surface area contributed by atoms with Crippen LogP contribution in [0.4, 0.5) is 10.8 Å². The monoisotopic (exact) mass is 474 g/mol. The summed E-state index contributed by atoms with van der Waals surface area (Å²) in [6.45, 7) is 0. The number of amides is 2. The van der Waals surface area contributed by atoms with E-state index in [-0.39, 0.29) is 17.6 Å². The Balaban J connectivity index is 1.46. The molecule has 0 aliphatic rings. The molecule has 2 aromatic carbocycles. The Morgan fingerprint density at radius 1 is 1.04 bits per heavy atom. The third-order valence-corrected chi connectivity index (χ3v) is 5.82. The van der Waals surface area contributed by atoms with Gasteiger partial charge >= 0.3 is 0 Å². The van der Waals surface area contributed by atoms with E-state index in [0.29, 0.717) is 9.47 Å². The van der Waals surface area contributed by atoms with Gasteiger partial charge in [0.15, 0.2) is 4.34 Å². The standard InChI is InChI=1S/C19H15BrN4O2S2/c20-14-7-9-15(10-8-14)21-17(26)12-27-19-24-23-18(28-19)22-16(25)11-6-13-4-2-1-3-5-13/h1-11H,12H2,(H,21,26)(H,22,23,25)/b11-6+. The Hall–Kier alpha value is -2.49. The first kappa shape index (κ1) is 20.2. The van der Waals surface area contributed by atoms with E-state index in [1.807, 2.05) is 54.6 Å². The van der Waals surface area contributed by atoms with E-state index in [1.54, 1.807) is 6.08 Å². The van der Waals surface area contributed by atoms with Gasteiger partial charge in [-0.1, -0.05) is 69.4 Å². The van der Waals surface area contributed by atoms with Crippen molar-refractivity contribution >= 4 is 67.7 Å². The van der Waals surface area contributed by atoms with Gasteiger partial charge in [-0.05, 0) is 35.9 Å². The summed E-state index contributed by atoms with van der Waals surface area (Å²) in [6.07, 6.45) is 3.16. The molecular formula is C19H15BrN4O2S2. The molecule has 0 saturated heterocycles. The van der Waals surface area contributed by atoms with Gasteiger partial charge in [-0.15, -0.1) is 10.2 Å². The van der Waals surface area contributed by atoms with Crippen molar-refractivity contribution in [1.82, 2.24) is 10.2 Å². The molecule has 28 heavy (non-hydrogen) atoms. The minimum absolute atomic E-state index is 0.140. The maximum absolute atomic E-state index is 12.0. The molecule has 3 rings (SSSR count). The van der Waals surface area contributed by atoms with E-state index in [4.69, 9.17) is 0 Å². The smallest absolute Gasteiger partial charge is 0.250 e. The normalized spacial score (nSPS) is 10.8. The molecule has 0 aliphatic carbocycles. The summed E-state index contributed by atoms with van der Waals surface area (Å²) >= 11 is 5.83. The quantitative estimate of drug-likeness (QED) is 0.295. The minimum Gasteiger partial charge on any atom is -0.325 e. The number of aromatic nitrogens is 2. The van der Waals surface area contributed by atoms with E-state index in [1.165, 1.54) is 29.2 Å². The number of halogens is 1. The van der Waals surface area contributed by atoms with Crippen molar-refractivity contribution in [3.63, 3.8) is 0 Å². The third kappa shape index (κ3) is 6.59. The van der Waals surface area contributed by atoms with E-state index < -0.39 is 0 Å². The SMILES string of the molecule is O=C(/C=C/c1ccccc1)Nc1nnc(SCC(=O)Nc2ccc(Br)cc2)s1. The van der Waals surface area contributed by atoms with Gasteiger partial charge in [0.1, 0.15) is 0 Å². The summed E-state index contributed by atoms with van der Waals surface area (Å²) in [6, 6.07) is 16.9. The average Bonchev–Trinajstić information content (AvgIpc) is 3.15. The zero-order valence-electron chi connectivity index (χ0n) is 14.5. The van der Waals surface area contributed by atoms with Gasteiger partial charge in [0.2, 0.25) is 16.9 Å². The molecule has 0 bridgehead atoms. The summed E-state index contributed by atoms with van der Waals surface area (Å²) in [5.41, 5.74) is 1.66. The summed E-state index contributed by atoms with van der Waals surface area (Å²) < 4.78 is 1.55. The molecule has 0 aliphatic heterocycles. The number of thioether (sulfide) groups is 1. The fourth-order valence-electron chi connectivity index (χ4n) is 2.06. The molecule has 2 amide bonds. The maximum Gasteiger partial charge on any atom is 0.250 e. The van der Waals surface area contributed by atoms with Crippen molar-refractivity contribution in [3.8, 4) is 0 Å². The fourth-order valence-corrected chi connectivity index (χ4v) is 3.88. The highest BCUT2D eigenvalue weighted by Gasteiger charge is 2.10. The highest BCUT2D eigenvalue weighted by atomic mass is 79.9. The summed E-state index contributed by atoms with van der Waals surface area (Å²) in [5, 5.41) is 13.8. The van der Waals surface area contributed by atoms with Crippen LogP contribution in [0.1, 0.15) is 5.56 Å². The zero-order chi connectivity index (χ0) is 19.8. The molecule has 142 valence electrons. The van der Waals surface area contributed by atoms with Gasteiger partial charge in [-0.2, -0.15) is 0 Å². The predicted molar refractivity (Wildman–Crippen MR) is 118 cm³/mol. The Bertz CT molecular complexity index is 975. The van der Waals surface area contributed by atoms with Crippen molar-refractivity contribution < 1.29 is 9.59 Å². The van der Waals surface area contributed by atoms with Crippen LogP contribution in [-0.4, -0.2) is 27.8 Å². The molecule has 0 atom stereocenters. The fraction of sp³-hybridized carbons (Fsp3) is 0.0526. The summed E-state index contributed by atoms with van der Waals surface area (Å²) in [7, 11) is 0. The molecule has 0 spiro atoms. The van der Waals surface area contributed by atoms with Crippen LogP contribution in [-0.2, 0) is 9.59 Å². The lowest BCUT2D eigenvalue weighted by Crippen LogP contribution is -2.13. The zero-order valence-corrected chi connectivity index (χ0v) is 17.7. The number of carbonyl (C=O) groups is 2. The molecule has 3 aromatic rings. The number of nitrogens with one attached hydrogen (secondary N) is 2. The summed E-state index contributed by atoms with van der Waals surface area (Å²) in [5.74, 6) is -0.226. The topological polar surface area (TPSA) is 84.0 Å². The predicted octanol–water partition coefficient (Wildman–Crippen LogP) is 4.68. The van der Waals surface area contributed by atoms with Crippen molar-refractivity contribution in [2.75, 3.05) is 16.4 Å². The van der Waals surface area contributed by atoms with E-state index >= 15 is 0 Å². The Labute approximate surface area is 178 Å². The number of carbonyl (C=O) groups excluding carboxylic acids is 2. The van der Waals surface area contributed by atoms with Crippen LogP contribution in [0, 0.1) is 0 Å². The summed E-state index contributed by atoms with van der Waals surface area (Å²) in [4.78, 5) is 24.0. The van der Waals surface area contributed by atoms with Crippen LogP contribution < -0.4 is 10.6 Å². The van der Waals surface area contributed by atoms with Crippen LogP contribution in [0.15, 0.2) is 69.5 Å². The van der Waals surface area contributed by atoms with Crippen molar-refractivity contribution in [1.29, 1.82) is 0 Å². The molecule has 0 fully saturated rings. The molecule has 2 N–H and O–H groups in total. The Kier molecular flexibility index (Phi) is 7.35. The molecule has 9 heteroatoms. The molecular weight excluding hydrogens is 460 g/mol. The number of hydrogen-bond acceptors (Lipinski definition) is 6.